The van der Waals surface area contributed by atoms with Crippen LogP contribution in [0, 0.1) is 11.7 Å². The van der Waals surface area contributed by atoms with E-state index in [1.54, 1.807) is 12.1 Å². The molecule has 0 bridgehead atoms. The van der Waals surface area contributed by atoms with Crippen LogP contribution < -0.4 is 11.1 Å². The van der Waals surface area contributed by atoms with E-state index in [1.165, 1.54) is 18.5 Å². The Bertz CT molecular complexity index is 810. The van der Waals surface area contributed by atoms with Gasteiger partial charge in [0.2, 0.25) is 0 Å². The molecule has 2 aromatic heterocycles. The first kappa shape index (κ1) is 19.9. The number of carbonyl (C=O) groups excluding carboxylic acids is 2. The highest BCUT2D eigenvalue weighted by atomic mass is 19.1. The number of nitrogens with one attached hydrogen (secondary N) is 1. The predicted molar refractivity (Wildman–Crippen MR) is 102 cm³/mol. The first-order valence-electron chi connectivity index (χ1n) is 9.57. The Balaban J connectivity index is 1.37. The van der Waals surface area contributed by atoms with Crippen LogP contribution >= 0.6 is 0 Å². The van der Waals surface area contributed by atoms with Crippen molar-refractivity contribution in [2.75, 3.05) is 18.4 Å². The third-order valence-electron chi connectivity index (χ3n) is 5.05. The Kier molecular flexibility index (Phi) is 6.62. The number of nitrogens with zero attached hydrogens (tertiary/aromatic N) is 2. The van der Waals surface area contributed by atoms with E-state index in [4.69, 9.17) is 10.2 Å². The van der Waals surface area contributed by atoms with Crippen molar-refractivity contribution in [3.8, 4) is 0 Å². The van der Waals surface area contributed by atoms with E-state index in [0.717, 1.165) is 45.2 Å². The van der Waals surface area contributed by atoms with Crippen molar-refractivity contribution < 1.29 is 18.4 Å². The average molecular weight is 388 g/mol. The van der Waals surface area contributed by atoms with Crippen LogP contribution in [-0.4, -0.2) is 34.9 Å². The van der Waals surface area contributed by atoms with Crippen molar-refractivity contribution >= 4 is 17.6 Å². The fourth-order valence-corrected chi connectivity index (χ4v) is 3.60. The molecule has 1 atom stereocenters. The number of unbranched alkanes of at least 4 members (excludes halogenated alkanes) is 2. The topological polar surface area (TPSA) is 101 Å². The number of anilines is 1. The van der Waals surface area contributed by atoms with E-state index in [2.05, 4.69) is 10.3 Å². The Hall–Kier alpha value is -2.90. The van der Waals surface area contributed by atoms with Crippen molar-refractivity contribution in [2.45, 2.75) is 38.5 Å². The highest BCUT2D eigenvalue weighted by Gasteiger charge is 2.27. The van der Waals surface area contributed by atoms with Gasteiger partial charge in [-0.3, -0.25) is 9.78 Å². The number of rotatable bonds is 8. The maximum atomic E-state index is 14.2. The van der Waals surface area contributed by atoms with E-state index >= 15 is 0 Å². The molecule has 1 saturated heterocycles. The number of pyridine rings is 1. The first-order chi connectivity index (χ1) is 13.5. The zero-order chi connectivity index (χ0) is 19.9. The van der Waals surface area contributed by atoms with Gasteiger partial charge in [0.1, 0.15) is 0 Å². The highest BCUT2D eigenvalue weighted by Crippen LogP contribution is 2.24. The fraction of sp³-hybridized carbons (Fsp3) is 0.450. The molecule has 150 valence electrons. The Morgan fingerprint density at radius 3 is 2.93 bits per heavy atom. The molecule has 3 heterocycles. The molecule has 7 nitrogen and oxygen atoms in total. The van der Waals surface area contributed by atoms with Gasteiger partial charge < -0.3 is 20.4 Å². The lowest BCUT2D eigenvalue weighted by Crippen LogP contribution is -2.28. The number of aromatic nitrogens is 1. The van der Waals surface area contributed by atoms with Gasteiger partial charge in [0.25, 0.3) is 5.91 Å². The average Bonchev–Trinajstić information content (AvgIpc) is 3.35. The molecule has 1 fully saturated rings. The SMILES string of the molecule is NC(=O)Nc1ccnc(CCCCCC2CCN(C(=O)c3ccco3)C2)c1F. The monoisotopic (exact) mass is 388 g/mol. The lowest BCUT2D eigenvalue weighted by Gasteiger charge is -2.15. The van der Waals surface area contributed by atoms with Crippen LogP contribution in [-0.2, 0) is 6.42 Å². The number of urea groups is 1. The normalized spacial score (nSPS) is 16.3. The van der Waals surface area contributed by atoms with Gasteiger partial charge in [0.15, 0.2) is 11.6 Å². The van der Waals surface area contributed by atoms with Gasteiger partial charge in [-0.15, -0.1) is 0 Å². The summed E-state index contributed by atoms with van der Waals surface area (Å²) in [4.78, 5) is 29.1. The Labute approximate surface area is 163 Å². The van der Waals surface area contributed by atoms with E-state index in [0.29, 0.717) is 23.8 Å². The molecular formula is C20H25FN4O3. The number of furan rings is 1. The minimum atomic E-state index is -0.799. The number of aryl methyl sites for hydroxylation is 1. The van der Waals surface area contributed by atoms with Crippen LogP contribution in [0.1, 0.15) is 48.4 Å². The van der Waals surface area contributed by atoms with Crippen LogP contribution in [0.3, 0.4) is 0 Å². The Morgan fingerprint density at radius 1 is 1.32 bits per heavy atom. The van der Waals surface area contributed by atoms with Crippen molar-refractivity contribution in [1.82, 2.24) is 9.88 Å². The molecule has 1 aliphatic rings. The van der Waals surface area contributed by atoms with Crippen molar-refractivity contribution in [2.24, 2.45) is 11.7 Å². The summed E-state index contributed by atoms with van der Waals surface area (Å²) in [7, 11) is 0. The van der Waals surface area contributed by atoms with Gasteiger partial charge in [0, 0.05) is 19.3 Å². The Morgan fingerprint density at radius 2 is 2.18 bits per heavy atom. The number of amides is 3. The summed E-state index contributed by atoms with van der Waals surface area (Å²) in [5, 5.41) is 2.26. The molecule has 8 heteroatoms. The van der Waals surface area contributed by atoms with Crippen molar-refractivity contribution in [3.05, 3.63) is 47.9 Å². The van der Waals surface area contributed by atoms with Crippen LogP contribution in [0.15, 0.2) is 35.1 Å². The number of hydrogen-bond acceptors (Lipinski definition) is 4. The second-order valence-electron chi connectivity index (χ2n) is 7.09. The largest absolute Gasteiger partial charge is 0.459 e. The number of primary amides is 1. The van der Waals surface area contributed by atoms with Crippen LogP contribution in [0.25, 0.3) is 0 Å². The summed E-state index contributed by atoms with van der Waals surface area (Å²) in [6.07, 6.45) is 8.32. The summed E-state index contributed by atoms with van der Waals surface area (Å²) in [5.41, 5.74) is 5.43. The van der Waals surface area contributed by atoms with Gasteiger partial charge in [0.05, 0.1) is 17.6 Å². The van der Waals surface area contributed by atoms with E-state index in [1.807, 2.05) is 4.90 Å². The molecule has 3 rings (SSSR count). The quantitative estimate of drug-likeness (QED) is 0.675. The van der Waals surface area contributed by atoms with Crippen LogP contribution in [0.5, 0.6) is 0 Å². The van der Waals surface area contributed by atoms with E-state index in [-0.39, 0.29) is 11.6 Å². The van der Waals surface area contributed by atoms with Crippen LogP contribution in [0.4, 0.5) is 14.9 Å². The molecule has 0 spiro atoms. The molecule has 3 amide bonds. The van der Waals surface area contributed by atoms with Crippen LogP contribution in [0.2, 0.25) is 0 Å². The molecule has 28 heavy (non-hydrogen) atoms. The predicted octanol–water partition coefficient (Wildman–Crippen LogP) is 3.57. The maximum Gasteiger partial charge on any atom is 0.316 e. The molecule has 0 radical (unpaired) electrons. The molecule has 1 unspecified atom stereocenters. The van der Waals surface area contributed by atoms with E-state index < -0.39 is 11.8 Å². The van der Waals surface area contributed by atoms with Gasteiger partial charge >= 0.3 is 6.03 Å². The molecular weight excluding hydrogens is 363 g/mol. The summed E-state index contributed by atoms with van der Waals surface area (Å²) >= 11 is 0. The number of hydrogen-bond donors (Lipinski definition) is 2. The fourth-order valence-electron chi connectivity index (χ4n) is 3.60. The number of likely N-dealkylation sites (tertiary alicyclic amines) is 1. The molecule has 2 aromatic rings. The third kappa shape index (κ3) is 5.09. The van der Waals surface area contributed by atoms with E-state index in [9.17, 15) is 14.0 Å². The number of halogens is 1. The number of carbonyl (C=O) groups is 2. The summed E-state index contributed by atoms with van der Waals surface area (Å²) < 4.78 is 19.4. The lowest BCUT2D eigenvalue weighted by molar-refractivity contribution is 0.0754. The van der Waals surface area contributed by atoms with Crippen molar-refractivity contribution in [3.63, 3.8) is 0 Å². The zero-order valence-corrected chi connectivity index (χ0v) is 15.7. The minimum Gasteiger partial charge on any atom is -0.459 e. The standard InChI is InChI=1S/C20H25FN4O3/c21-18-15(23-10-8-16(18)24-20(22)27)6-3-1-2-5-14-9-11-25(13-14)19(26)17-7-4-12-28-17/h4,7-8,10,12,14H,1-3,5-6,9,11,13H2,(H3,22,23,24,27). The lowest BCUT2D eigenvalue weighted by atomic mass is 9.99. The minimum absolute atomic E-state index is 0.0431. The molecule has 0 aromatic carbocycles. The molecule has 3 N–H and O–H groups in total. The van der Waals surface area contributed by atoms with Gasteiger partial charge in [-0.2, -0.15) is 0 Å². The molecule has 1 aliphatic heterocycles. The second kappa shape index (κ2) is 9.34. The maximum absolute atomic E-state index is 14.2. The smallest absolute Gasteiger partial charge is 0.316 e. The first-order valence-corrected chi connectivity index (χ1v) is 9.57. The van der Waals surface area contributed by atoms with Gasteiger partial charge in [-0.05, 0) is 49.8 Å². The second-order valence-corrected chi connectivity index (χ2v) is 7.09. The van der Waals surface area contributed by atoms with Gasteiger partial charge in [-0.1, -0.05) is 12.8 Å². The van der Waals surface area contributed by atoms with Gasteiger partial charge in [-0.25, -0.2) is 9.18 Å². The molecule has 0 aliphatic carbocycles. The molecule has 0 saturated carbocycles. The summed E-state index contributed by atoms with van der Waals surface area (Å²) in [5.74, 6) is 0.322. The zero-order valence-electron chi connectivity index (χ0n) is 15.7. The highest BCUT2D eigenvalue weighted by molar-refractivity contribution is 5.91. The summed E-state index contributed by atoms with van der Waals surface area (Å²) in [6, 6.07) is 4.00. The van der Waals surface area contributed by atoms with Crippen molar-refractivity contribution in [1.29, 1.82) is 0 Å². The number of nitrogens with two attached hydrogens (primary N) is 1. The summed E-state index contributed by atoms with van der Waals surface area (Å²) in [6.45, 7) is 1.52. The third-order valence-corrected chi connectivity index (χ3v) is 5.05.